The number of ether oxygens (including phenoxy) is 2. The van der Waals surface area contributed by atoms with E-state index in [1.54, 1.807) is 12.0 Å². The van der Waals surface area contributed by atoms with Crippen LogP contribution in [0.25, 0.3) is 15.6 Å². The van der Waals surface area contributed by atoms with Gasteiger partial charge in [0, 0.05) is 54.9 Å². The predicted molar refractivity (Wildman–Crippen MR) is 189 cm³/mol. The lowest BCUT2D eigenvalue weighted by molar-refractivity contribution is -0.128. The molecule has 0 bridgehead atoms. The molecule has 2 aromatic carbocycles. The average molecular weight is 650 g/mol. The normalized spacial score (nSPS) is 19.6. The lowest BCUT2D eigenvalue weighted by Crippen LogP contribution is -2.56. The Morgan fingerprint density at radius 2 is 1.93 bits per heavy atom. The fourth-order valence-corrected chi connectivity index (χ4v) is 6.64. The molecule has 0 unspecified atom stereocenters. The molecule has 2 fully saturated rings. The van der Waals surface area contributed by atoms with Gasteiger partial charge in [0.15, 0.2) is 0 Å². The number of carbonyl (C=O) groups is 1. The summed E-state index contributed by atoms with van der Waals surface area (Å²) in [5, 5.41) is 2.31. The molecule has 0 radical (unpaired) electrons. The number of hydrogen-bond acceptors (Lipinski definition) is 8. The second-order valence-corrected chi connectivity index (χ2v) is 11.6. The number of amides is 1. The third kappa shape index (κ3) is 7.11. The van der Waals surface area contributed by atoms with Crippen LogP contribution in [-0.2, 0) is 17.8 Å². The minimum atomic E-state index is -0.234. The molecular weight excluding hydrogens is 607 g/mol. The van der Waals surface area contributed by atoms with E-state index in [2.05, 4.69) is 63.5 Å². The van der Waals surface area contributed by atoms with E-state index in [4.69, 9.17) is 26.0 Å². The van der Waals surface area contributed by atoms with Gasteiger partial charge in [-0.3, -0.25) is 4.79 Å². The summed E-state index contributed by atoms with van der Waals surface area (Å²) < 4.78 is 12.0. The number of carbonyl (C=O) groups excluding carboxylic acids is 1. The summed E-state index contributed by atoms with van der Waals surface area (Å²) in [6.45, 7) is 16.1. The molecule has 45 heavy (non-hydrogen) atoms. The van der Waals surface area contributed by atoms with Crippen LogP contribution >= 0.6 is 27.0 Å². The lowest BCUT2D eigenvalue weighted by atomic mass is 10.0. The number of likely N-dealkylation sites (N-methyl/N-ethyl adjacent to an activating group) is 1. The quantitative estimate of drug-likeness (QED) is 0.268. The van der Waals surface area contributed by atoms with Crippen LogP contribution in [-0.4, -0.2) is 97.8 Å². The van der Waals surface area contributed by atoms with Crippen molar-refractivity contribution in [2.45, 2.75) is 37.9 Å². The molecule has 12 heteroatoms. The fourth-order valence-electron chi connectivity index (χ4n) is 6.64. The largest absolute Gasteiger partial charge is 0.497 e. The summed E-state index contributed by atoms with van der Waals surface area (Å²) in [5.74, 6) is 1.55. The van der Waals surface area contributed by atoms with Crippen molar-refractivity contribution in [2.75, 3.05) is 69.8 Å². The molecular formula is C33H43N7O3S2. The van der Waals surface area contributed by atoms with E-state index in [1.807, 2.05) is 6.07 Å². The number of rotatable bonds is 8. The minimum Gasteiger partial charge on any atom is -0.497 e. The van der Waals surface area contributed by atoms with Gasteiger partial charge in [-0.05, 0) is 50.4 Å². The topological polar surface area (TPSA) is 78.6 Å². The molecule has 3 aromatic rings. The molecule has 0 spiro atoms. The molecule has 2 saturated heterocycles. The van der Waals surface area contributed by atoms with Crippen LogP contribution in [0.1, 0.15) is 24.1 Å². The molecule has 2 atom stereocenters. The van der Waals surface area contributed by atoms with Crippen molar-refractivity contribution in [3.8, 4) is 11.8 Å². The van der Waals surface area contributed by atoms with Gasteiger partial charge in [0.05, 0.1) is 19.3 Å². The van der Waals surface area contributed by atoms with Gasteiger partial charge < -0.3 is 33.9 Å². The van der Waals surface area contributed by atoms with E-state index < -0.39 is 0 Å². The highest BCUT2D eigenvalue weighted by molar-refractivity contribution is 7.59. The smallest absolute Gasteiger partial charge is 0.318 e. The Labute approximate surface area is 279 Å². The summed E-state index contributed by atoms with van der Waals surface area (Å²) in [6.07, 6.45) is 4.37. The van der Waals surface area contributed by atoms with Crippen LogP contribution in [0, 0.1) is 6.57 Å². The van der Waals surface area contributed by atoms with Crippen LogP contribution in [0.3, 0.4) is 0 Å². The van der Waals surface area contributed by atoms with E-state index >= 15 is 0 Å². The first-order valence-corrected chi connectivity index (χ1v) is 15.0. The molecule has 3 aliphatic heterocycles. The summed E-state index contributed by atoms with van der Waals surface area (Å²) >= 11 is 0. The van der Waals surface area contributed by atoms with Gasteiger partial charge in [0.2, 0.25) is 12.5 Å². The molecule has 1 aromatic heterocycles. The molecule has 3 aliphatic rings. The average Bonchev–Trinajstić information content (AvgIpc) is 3.46. The number of aromatic nitrogens is 2. The standard InChI is InChI=1S/C33H39N7O3.2H2S/c1-5-31(41)40-16-15-39(20-25(40)19-34-2)32-28-12-14-38(30-18-26(42-4)17-23-9-6-7-11-27(23)30)21-29(28)35-33(36-32)43-22-24-10-8-13-37(24)3;;/h5-7,9,11,17-18,24-25H,1,8,10,12-16,19-22H2,3-4H3;2*1H2/t24-,25-;;/m0../s1. The molecule has 4 heterocycles. The first-order chi connectivity index (χ1) is 21.0. The number of piperazine rings is 1. The van der Waals surface area contributed by atoms with E-state index in [0.29, 0.717) is 44.8 Å². The molecule has 0 aliphatic carbocycles. The van der Waals surface area contributed by atoms with Gasteiger partial charge in [-0.25, -0.2) is 6.57 Å². The minimum absolute atomic E-state index is 0. The predicted octanol–water partition coefficient (Wildman–Crippen LogP) is 4.02. The number of benzene rings is 2. The molecule has 0 N–H and O–H groups in total. The second kappa shape index (κ2) is 15.1. The van der Waals surface area contributed by atoms with Gasteiger partial charge in [-0.15, -0.1) is 0 Å². The Morgan fingerprint density at radius 3 is 2.67 bits per heavy atom. The number of fused-ring (bicyclic) bond motifs is 2. The number of nitrogens with zero attached hydrogens (tertiary/aromatic N) is 7. The van der Waals surface area contributed by atoms with Crippen molar-refractivity contribution in [3.63, 3.8) is 0 Å². The third-order valence-corrected chi connectivity index (χ3v) is 9.03. The van der Waals surface area contributed by atoms with Crippen molar-refractivity contribution in [1.82, 2.24) is 19.8 Å². The number of likely N-dealkylation sites (tertiary alicyclic amines) is 1. The highest BCUT2D eigenvalue weighted by Gasteiger charge is 2.35. The van der Waals surface area contributed by atoms with Crippen LogP contribution < -0.4 is 19.3 Å². The van der Waals surface area contributed by atoms with Crippen LogP contribution in [0.5, 0.6) is 11.8 Å². The van der Waals surface area contributed by atoms with Crippen LogP contribution in [0.2, 0.25) is 0 Å². The maximum atomic E-state index is 12.6. The Morgan fingerprint density at radius 1 is 1.11 bits per heavy atom. The van der Waals surface area contributed by atoms with Crippen molar-refractivity contribution in [3.05, 3.63) is 71.7 Å². The summed E-state index contributed by atoms with van der Waals surface area (Å²) in [4.78, 5) is 34.8. The van der Waals surface area contributed by atoms with E-state index in [0.717, 1.165) is 59.8 Å². The van der Waals surface area contributed by atoms with Crippen LogP contribution in [0.4, 0.5) is 11.5 Å². The third-order valence-electron chi connectivity index (χ3n) is 9.03. The molecule has 10 nitrogen and oxygen atoms in total. The first-order valence-electron chi connectivity index (χ1n) is 15.0. The summed E-state index contributed by atoms with van der Waals surface area (Å²) in [5.41, 5.74) is 3.17. The van der Waals surface area contributed by atoms with E-state index in [9.17, 15) is 4.79 Å². The Hall–Kier alpha value is -3.66. The second-order valence-electron chi connectivity index (χ2n) is 11.6. The van der Waals surface area contributed by atoms with Crippen molar-refractivity contribution < 1.29 is 14.3 Å². The van der Waals surface area contributed by atoms with E-state index in [-0.39, 0.29) is 45.5 Å². The first kappa shape index (κ1) is 34.2. The summed E-state index contributed by atoms with van der Waals surface area (Å²) in [6, 6.07) is 13.1. The Bertz CT molecular complexity index is 1570. The van der Waals surface area contributed by atoms with E-state index in [1.165, 1.54) is 17.9 Å². The Balaban J connectivity index is 0.00000230. The lowest BCUT2D eigenvalue weighted by Gasteiger charge is -2.41. The van der Waals surface area contributed by atoms with Gasteiger partial charge in [-0.1, -0.05) is 30.8 Å². The molecule has 1 amide bonds. The van der Waals surface area contributed by atoms with Crippen LogP contribution in [0.15, 0.2) is 49.1 Å². The van der Waals surface area contributed by atoms with Gasteiger partial charge in [0.25, 0.3) is 0 Å². The van der Waals surface area contributed by atoms with Crippen molar-refractivity contribution in [2.24, 2.45) is 0 Å². The Kier molecular flexibility index (Phi) is 11.5. The maximum absolute atomic E-state index is 12.6. The summed E-state index contributed by atoms with van der Waals surface area (Å²) in [7, 11) is 3.84. The van der Waals surface area contributed by atoms with Crippen molar-refractivity contribution in [1.29, 1.82) is 0 Å². The van der Waals surface area contributed by atoms with Gasteiger partial charge >= 0.3 is 6.01 Å². The zero-order valence-electron chi connectivity index (χ0n) is 26.0. The monoisotopic (exact) mass is 649 g/mol. The molecule has 6 rings (SSSR count). The number of methoxy groups -OCH3 is 1. The highest BCUT2D eigenvalue weighted by Crippen LogP contribution is 2.37. The number of hydrogen-bond donors (Lipinski definition) is 0. The van der Waals surface area contributed by atoms with Gasteiger partial charge in [-0.2, -0.15) is 37.0 Å². The molecule has 0 saturated carbocycles. The number of anilines is 2. The van der Waals surface area contributed by atoms with Gasteiger partial charge in [0.1, 0.15) is 24.2 Å². The highest BCUT2D eigenvalue weighted by atomic mass is 32.1. The SMILES string of the molecule is S.S.[C-]#[N+]C[C@H]1CN(c2nc(OC[C@@H]3CCCN3C)nc3c2CCN(c2cc(OC)cc4ccccc24)C3)CCN1C(=O)C=C. The fraction of sp³-hybridized carbons (Fsp3) is 0.455. The zero-order chi connectivity index (χ0) is 29.9. The van der Waals surface area contributed by atoms with Crippen molar-refractivity contribution >= 4 is 55.2 Å². The maximum Gasteiger partial charge on any atom is 0.318 e. The zero-order valence-corrected chi connectivity index (χ0v) is 28.0. The molecule has 240 valence electrons.